The van der Waals surface area contributed by atoms with Gasteiger partial charge in [-0.3, -0.25) is 4.79 Å². The maximum atomic E-state index is 12.6. The van der Waals surface area contributed by atoms with Crippen LogP contribution in [0.25, 0.3) is 0 Å². The summed E-state index contributed by atoms with van der Waals surface area (Å²) in [6.45, 7) is -0.469. The van der Waals surface area contributed by atoms with E-state index in [1.807, 2.05) is 0 Å². The van der Waals surface area contributed by atoms with Gasteiger partial charge in [-0.15, -0.1) is 0 Å². The molecule has 17 heteroatoms. The minimum absolute atomic E-state index is 0.00387. The number of carbonyl (C=O) groups excluding carboxylic acids is 1. The first kappa shape index (κ1) is 32.4. The number of nitrogens with two attached hydrogens (primary N) is 5. The summed E-state index contributed by atoms with van der Waals surface area (Å²) in [5.41, 5.74) is 29.4. The van der Waals surface area contributed by atoms with Gasteiger partial charge < -0.3 is 83.6 Å². The molecule has 3 aliphatic rings. The van der Waals surface area contributed by atoms with Crippen molar-refractivity contribution < 1.29 is 54.4 Å². The van der Waals surface area contributed by atoms with Crippen LogP contribution in [-0.2, 0) is 23.7 Å². The number of carbonyl (C=O) groups is 1. The zero-order valence-corrected chi connectivity index (χ0v) is 21.5. The minimum Gasteiger partial charge on any atom is -0.394 e. The fourth-order valence-electron chi connectivity index (χ4n) is 5.03. The first-order valence-electron chi connectivity index (χ1n) is 13.0. The Hall–Kier alpha value is -1.13. The maximum absolute atomic E-state index is 12.6. The lowest BCUT2D eigenvalue weighted by atomic mass is 9.81. The summed E-state index contributed by atoms with van der Waals surface area (Å²) in [6.07, 6.45) is -14.1. The summed E-state index contributed by atoms with van der Waals surface area (Å²) in [5.74, 6) is -0.925. The quantitative estimate of drug-likeness (QED) is 0.116. The largest absolute Gasteiger partial charge is 0.394 e. The minimum atomic E-state index is -1.68. The fourth-order valence-corrected chi connectivity index (χ4v) is 5.03. The van der Waals surface area contributed by atoms with Gasteiger partial charge in [0.1, 0.15) is 42.7 Å². The van der Waals surface area contributed by atoms with Crippen LogP contribution in [-0.4, -0.2) is 148 Å². The molecule has 3 fully saturated rings. The van der Waals surface area contributed by atoms with Crippen molar-refractivity contribution in [3.05, 3.63) is 0 Å². The van der Waals surface area contributed by atoms with E-state index < -0.39 is 98.1 Å². The first-order chi connectivity index (χ1) is 18.4. The molecule has 1 amide bonds. The number of aliphatic hydroxyl groups is 6. The Morgan fingerprint density at radius 2 is 1.56 bits per heavy atom. The maximum Gasteiger partial charge on any atom is 0.249 e. The zero-order valence-electron chi connectivity index (χ0n) is 21.5. The summed E-state index contributed by atoms with van der Waals surface area (Å²) in [7, 11) is 0. The third kappa shape index (κ3) is 7.21. The Kier molecular flexibility index (Phi) is 11.8. The van der Waals surface area contributed by atoms with Crippen molar-refractivity contribution in [3.63, 3.8) is 0 Å². The van der Waals surface area contributed by atoms with E-state index >= 15 is 0 Å². The molecule has 2 heterocycles. The number of rotatable bonds is 10. The van der Waals surface area contributed by atoms with Gasteiger partial charge in [0, 0.05) is 6.54 Å². The molecular weight excluding hydrogens is 524 g/mol. The fraction of sp³-hybridized carbons (Fsp3) is 0.955. The van der Waals surface area contributed by atoms with Gasteiger partial charge in [-0.05, 0) is 25.8 Å². The van der Waals surface area contributed by atoms with E-state index in [0.717, 1.165) is 0 Å². The van der Waals surface area contributed by atoms with E-state index in [1.165, 1.54) is 0 Å². The second-order valence-electron chi connectivity index (χ2n) is 10.3. The van der Waals surface area contributed by atoms with Crippen LogP contribution >= 0.6 is 0 Å². The van der Waals surface area contributed by atoms with Crippen LogP contribution in [0.1, 0.15) is 19.3 Å². The van der Waals surface area contributed by atoms with E-state index in [-0.39, 0.29) is 25.6 Å². The Balaban J connectivity index is 1.88. The molecule has 39 heavy (non-hydrogen) atoms. The molecule has 0 spiro atoms. The van der Waals surface area contributed by atoms with Crippen LogP contribution in [0, 0.1) is 0 Å². The summed E-state index contributed by atoms with van der Waals surface area (Å²) in [6, 6.07) is -4.65. The molecule has 228 valence electrons. The van der Waals surface area contributed by atoms with Gasteiger partial charge in [0.25, 0.3) is 0 Å². The Labute approximate surface area is 225 Å². The third-order valence-corrected chi connectivity index (χ3v) is 7.50. The number of hydrogen-bond donors (Lipinski definition) is 12. The van der Waals surface area contributed by atoms with Crippen LogP contribution in [0.2, 0.25) is 0 Å². The second-order valence-corrected chi connectivity index (χ2v) is 10.3. The molecule has 17 N–H and O–H groups in total. The van der Waals surface area contributed by atoms with Gasteiger partial charge in [-0.25, -0.2) is 0 Å². The lowest BCUT2D eigenvalue weighted by molar-refractivity contribution is -0.319. The van der Waals surface area contributed by atoms with Crippen molar-refractivity contribution in [2.24, 2.45) is 28.7 Å². The highest BCUT2D eigenvalue weighted by Gasteiger charge is 2.54. The molecular formula is C22H44N6O11. The molecule has 0 bridgehead atoms. The molecule has 0 radical (unpaired) electrons. The van der Waals surface area contributed by atoms with Crippen LogP contribution in [0.3, 0.4) is 0 Å². The highest BCUT2D eigenvalue weighted by atomic mass is 16.7. The monoisotopic (exact) mass is 568 g/mol. The summed E-state index contributed by atoms with van der Waals surface area (Å²) in [5, 5.41) is 65.3. The van der Waals surface area contributed by atoms with Gasteiger partial charge in [-0.2, -0.15) is 0 Å². The number of nitrogens with one attached hydrogen (secondary N) is 1. The SMILES string of the molecule is NCC[C@H](O)C(=O)NC1[C@@H](O[C@@H]2OC(CO)[C@H](O)C(N)[C@H]2O)C(O)C(O[C@@H]2OC(CN)CCC2N)[C@@H](N)[C@@H]1O. The van der Waals surface area contributed by atoms with Crippen LogP contribution < -0.4 is 34.0 Å². The number of aliphatic hydroxyl groups excluding tert-OH is 6. The standard InChI is InChI=1S/C22H44N6O11/c23-4-3-9(30)20(35)28-13-15(32)12(27)18(38-21-8(25)2-1-7(5-24)36-21)17(34)19(13)39-22-16(33)11(26)14(31)10(6-29)37-22/h7-19,21-22,29-34H,1-6,23-27H2,(H,28,35)/t7?,8?,9-,10?,11?,12-,13?,14-,15-,16+,17?,18?,19+,21-,22-/m0/s1. The lowest BCUT2D eigenvalue weighted by Crippen LogP contribution is -2.74. The molecule has 3 rings (SSSR count). The van der Waals surface area contributed by atoms with E-state index in [4.69, 9.17) is 47.6 Å². The summed E-state index contributed by atoms with van der Waals surface area (Å²) >= 11 is 0. The normalized spacial score (nSPS) is 46.0. The molecule has 2 saturated heterocycles. The first-order valence-corrected chi connectivity index (χ1v) is 13.0. The number of hydrogen-bond acceptors (Lipinski definition) is 16. The average molecular weight is 569 g/mol. The Morgan fingerprint density at radius 1 is 0.897 bits per heavy atom. The average Bonchev–Trinajstić information content (AvgIpc) is 2.92. The molecule has 2 aliphatic heterocycles. The van der Waals surface area contributed by atoms with Crippen LogP contribution in [0.4, 0.5) is 0 Å². The molecule has 7 unspecified atom stereocenters. The Bertz CT molecular complexity index is 787. The van der Waals surface area contributed by atoms with Crippen molar-refractivity contribution in [1.82, 2.24) is 5.32 Å². The molecule has 0 aromatic carbocycles. The highest BCUT2D eigenvalue weighted by molar-refractivity contribution is 5.81. The lowest BCUT2D eigenvalue weighted by Gasteiger charge is -2.50. The molecule has 1 saturated carbocycles. The predicted molar refractivity (Wildman–Crippen MR) is 132 cm³/mol. The number of ether oxygens (including phenoxy) is 4. The van der Waals surface area contributed by atoms with Crippen molar-refractivity contribution in [1.29, 1.82) is 0 Å². The van der Waals surface area contributed by atoms with Crippen LogP contribution in [0.5, 0.6) is 0 Å². The van der Waals surface area contributed by atoms with Gasteiger partial charge in [0.15, 0.2) is 12.6 Å². The molecule has 15 atom stereocenters. The Morgan fingerprint density at radius 3 is 2.18 bits per heavy atom. The van der Waals surface area contributed by atoms with E-state index in [9.17, 15) is 35.4 Å². The van der Waals surface area contributed by atoms with Crippen LogP contribution in [0.15, 0.2) is 0 Å². The van der Waals surface area contributed by atoms with E-state index in [2.05, 4.69) is 5.32 Å². The smallest absolute Gasteiger partial charge is 0.249 e. The van der Waals surface area contributed by atoms with Crippen molar-refractivity contribution >= 4 is 5.91 Å². The van der Waals surface area contributed by atoms with Crippen molar-refractivity contribution in [3.8, 4) is 0 Å². The number of amides is 1. The van der Waals surface area contributed by atoms with Gasteiger partial charge >= 0.3 is 0 Å². The van der Waals surface area contributed by atoms with Gasteiger partial charge in [0.05, 0.1) is 43.0 Å². The topological polar surface area (TPSA) is 318 Å². The zero-order chi connectivity index (χ0) is 29.0. The molecule has 0 aromatic rings. The van der Waals surface area contributed by atoms with Gasteiger partial charge in [0.2, 0.25) is 5.91 Å². The molecule has 0 aromatic heterocycles. The summed E-state index contributed by atoms with van der Waals surface area (Å²) < 4.78 is 23.0. The predicted octanol–water partition coefficient (Wildman–Crippen LogP) is -7.43. The second kappa shape index (κ2) is 14.2. The highest BCUT2D eigenvalue weighted by Crippen LogP contribution is 2.31. The van der Waals surface area contributed by atoms with Crippen molar-refractivity contribution in [2.45, 2.75) is 111 Å². The summed E-state index contributed by atoms with van der Waals surface area (Å²) in [4.78, 5) is 12.6. The molecule has 1 aliphatic carbocycles. The molecule has 17 nitrogen and oxygen atoms in total. The third-order valence-electron chi connectivity index (χ3n) is 7.50. The van der Waals surface area contributed by atoms with E-state index in [0.29, 0.717) is 12.8 Å². The van der Waals surface area contributed by atoms with Gasteiger partial charge in [-0.1, -0.05) is 0 Å². The van der Waals surface area contributed by atoms with E-state index in [1.54, 1.807) is 0 Å². The van der Waals surface area contributed by atoms with Crippen molar-refractivity contribution in [2.75, 3.05) is 19.7 Å².